The summed E-state index contributed by atoms with van der Waals surface area (Å²) in [4.78, 5) is 11.0. The van der Waals surface area contributed by atoms with Crippen molar-refractivity contribution in [2.75, 3.05) is 25.1 Å². The topological polar surface area (TPSA) is 38.2 Å². The molecule has 88 valence electrons. The Labute approximate surface area is 108 Å². The molecule has 0 saturated carbocycles. The average molecular weight is 294 g/mol. The molecule has 1 aliphatic heterocycles. The van der Waals surface area contributed by atoms with Gasteiger partial charge in [-0.2, -0.15) is 0 Å². The van der Waals surface area contributed by atoms with Crippen LogP contribution in [-0.4, -0.2) is 36.3 Å². The van der Waals surface area contributed by atoms with Gasteiger partial charge in [-0.05, 0) is 18.2 Å². The minimum atomic E-state index is 0.319. The summed E-state index contributed by atoms with van der Waals surface area (Å²) in [5.74, 6) is 0.785. The summed E-state index contributed by atoms with van der Waals surface area (Å²) >= 11 is 3.44. The number of rotatable bonds is 2. The van der Waals surface area contributed by atoms with Gasteiger partial charge in [-0.15, -0.1) is 0 Å². The monoisotopic (exact) mass is 293 g/mol. The minimum absolute atomic E-state index is 0.319. The fourth-order valence-electron chi connectivity index (χ4n) is 1.90. The molecule has 1 aromatic heterocycles. The van der Waals surface area contributed by atoms with Gasteiger partial charge in [-0.25, -0.2) is 9.97 Å². The highest BCUT2D eigenvalue weighted by Crippen LogP contribution is 2.22. The van der Waals surface area contributed by atoms with E-state index in [2.05, 4.69) is 30.8 Å². The maximum absolute atomic E-state index is 5.24. The predicted molar refractivity (Wildman–Crippen MR) is 70.2 cm³/mol. The molecule has 0 bridgehead atoms. The third-order valence-electron chi connectivity index (χ3n) is 2.99. The second-order valence-electron chi connectivity index (χ2n) is 4.14. The molecule has 0 amide bonds. The van der Waals surface area contributed by atoms with Crippen molar-refractivity contribution in [2.24, 2.45) is 0 Å². The Balaban J connectivity index is 1.90. The predicted octanol–water partition coefficient (Wildman–Crippen LogP) is 2.23. The van der Waals surface area contributed by atoms with Gasteiger partial charge in [0.2, 0.25) is 5.95 Å². The van der Waals surface area contributed by atoms with Crippen LogP contribution in [0, 0.1) is 0 Å². The second-order valence-corrected chi connectivity index (χ2v) is 5.05. The Bertz CT molecular complexity index is 554. The molecule has 2 aromatic rings. The van der Waals surface area contributed by atoms with Crippen LogP contribution in [0.15, 0.2) is 28.9 Å². The highest BCUT2D eigenvalue weighted by Gasteiger charge is 2.28. The first-order chi connectivity index (χ1) is 8.26. The van der Waals surface area contributed by atoms with Crippen molar-refractivity contribution in [3.63, 3.8) is 0 Å². The summed E-state index contributed by atoms with van der Waals surface area (Å²) in [6, 6.07) is 6.01. The number of benzene rings is 1. The van der Waals surface area contributed by atoms with E-state index in [4.69, 9.17) is 4.74 Å². The summed E-state index contributed by atoms with van der Waals surface area (Å²) in [7, 11) is 1.74. The van der Waals surface area contributed by atoms with Crippen LogP contribution in [0.25, 0.3) is 10.9 Å². The van der Waals surface area contributed by atoms with E-state index in [-0.39, 0.29) is 0 Å². The molecular weight excluding hydrogens is 282 g/mol. The van der Waals surface area contributed by atoms with E-state index >= 15 is 0 Å². The van der Waals surface area contributed by atoms with Gasteiger partial charge >= 0.3 is 0 Å². The van der Waals surface area contributed by atoms with Crippen molar-refractivity contribution >= 4 is 32.8 Å². The number of nitrogens with zero attached hydrogens (tertiary/aromatic N) is 3. The van der Waals surface area contributed by atoms with E-state index in [0.29, 0.717) is 6.10 Å². The van der Waals surface area contributed by atoms with Crippen molar-refractivity contribution in [1.29, 1.82) is 0 Å². The fraction of sp³-hybridized carbons (Fsp3) is 0.333. The number of hydrogen-bond donors (Lipinski definition) is 0. The molecular formula is C12H12BrN3O. The van der Waals surface area contributed by atoms with Crippen LogP contribution in [0.1, 0.15) is 0 Å². The maximum atomic E-state index is 5.24. The van der Waals surface area contributed by atoms with Crippen LogP contribution in [0.3, 0.4) is 0 Å². The molecule has 0 atom stereocenters. The molecule has 17 heavy (non-hydrogen) atoms. The van der Waals surface area contributed by atoms with Gasteiger partial charge < -0.3 is 9.64 Å². The molecule has 2 heterocycles. The second kappa shape index (κ2) is 4.23. The molecule has 1 saturated heterocycles. The summed E-state index contributed by atoms with van der Waals surface area (Å²) < 4.78 is 6.28. The summed E-state index contributed by atoms with van der Waals surface area (Å²) in [6.45, 7) is 1.75. The Morgan fingerprint density at radius 2 is 2.24 bits per heavy atom. The summed E-state index contributed by atoms with van der Waals surface area (Å²) in [6.07, 6.45) is 2.18. The van der Waals surface area contributed by atoms with E-state index in [1.165, 1.54) is 0 Å². The van der Waals surface area contributed by atoms with E-state index < -0.39 is 0 Å². The highest BCUT2D eigenvalue weighted by atomic mass is 79.9. The minimum Gasteiger partial charge on any atom is -0.378 e. The first-order valence-electron chi connectivity index (χ1n) is 5.46. The number of ether oxygens (including phenoxy) is 1. The number of hydrogen-bond acceptors (Lipinski definition) is 4. The van der Waals surface area contributed by atoms with Crippen molar-refractivity contribution in [2.45, 2.75) is 6.10 Å². The average Bonchev–Trinajstić information content (AvgIpc) is 2.28. The Morgan fingerprint density at radius 3 is 3.00 bits per heavy atom. The van der Waals surface area contributed by atoms with Gasteiger partial charge in [-0.3, -0.25) is 0 Å². The molecule has 4 nitrogen and oxygen atoms in total. The van der Waals surface area contributed by atoms with E-state index in [9.17, 15) is 0 Å². The van der Waals surface area contributed by atoms with Crippen molar-refractivity contribution in [3.05, 3.63) is 28.9 Å². The molecule has 0 spiro atoms. The molecule has 3 rings (SSSR count). The molecule has 0 unspecified atom stereocenters. The van der Waals surface area contributed by atoms with Gasteiger partial charge in [-0.1, -0.05) is 15.9 Å². The third-order valence-corrected chi connectivity index (χ3v) is 3.49. The van der Waals surface area contributed by atoms with Crippen molar-refractivity contribution in [1.82, 2.24) is 9.97 Å². The van der Waals surface area contributed by atoms with Gasteiger partial charge in [0.15, 0.2) is 0 Å². The summed E-state index contributed by atoms with van der Waals surface area (Å²) in [5, 5.41) is 1.05. The quantitative estimate of drug-likeness (QED) is 0.851. The van der Waals surface area contributed by atoms with E-state index in [1.54, 1.807) is 7.11 Å². The first-order valence-corrected chi connectivity index (χ1v) is 6.25. The van der Waals surface area contributed by atoms with Crippen LogP contribution in [0.5, 0.6) is 0 Å². The molecule has 0 N–H and O–H groups in total. The maximum Gasteiger partial charge on any atom is 0.226 e. The smallest absolute Gasteiger partial charge is 0.226 e. The third kappa shape index (κ3) is 2.00. The Kier molecular flexibility index (Phi) is 2.72. The van der Waals surface area contributed by atoms with Crippen molar-refractivity contribution < 1.29 is 4.74 Å². The lowest BCUT2D eigenvalue weighted by atomic mass is 10.2. The lowest BCUT2D eigenvalue weighted by Crippen LogP contribution is -2.52. The number of anilines is 1. The Hall–Kier alpha value is -1.20. The van der Waals surface area contributed by atoms with Crippen LogP contribution < -0.4 is 4.90 Å². The molecule has 0 aliphatic carbocycles. The fourth-order valence-corrected chi connectivity index (χ4v) is 2.28. The van der Waals surface area contributed by atoms with Gasteiger partial charge in [0.1, 0.15) is 0 Å². The molecule has 1 aromatic carbocycles. The molecule has 1 aliphatic rings. The molecule has 1 fully saturated rings. The number of halogens is 1. The molecule has 5 heteroatoms. The number of aromatic nitrogens is 2. The van der Waals surface area contributed by atoms with E-state index in [1.807, 2.05) is 24.4 Å². The normalized spacial score (nSPS) is 16.2. The zero-order valence-electron chi connectivity index (χ0n) is 9.43. The number of methoxy groups -OCH3 is 1. The lowest BCUT2D eigenvalue weighted by Gasteiger charge is -2.38. The standard InChI is InChI=1S/C12H12BrN3O/c1-17-10-6-16(7-10)12-14-5-8-4-9(13)2-3-11(8)15-12/h2-5,10H,6-7H2,1H3. The van der Waals surface area contributed by atoms with Crippen LogP contribution >= 0.6 is 15.9 Å². The first kappa shape index (κ1) is 10.9. The van der Waals surface area contributed by atoms with Crippen LogP contribution in [-0.2, 0) is 4.74 Å². The van der Waals surface area contributed by atoms with Crippen LogP contribution in [0.4, 0.5) is 5.95 Å². The summed E-state index contributed by atoms with van der Waals surface area (Å²) in [5.41, 5.74) is 0.971. The van der Waals surface area contributed by atoms with Gasteiger partial charge in [0.05, 0.1) is 11.6 Å². The van der Waals surface area contributed by atoms with Crippen molar-refractivity contribution in [3.8, 4) is 0 Å². The van der Waals surface area contributed by atoms with Crippen LogP contribution in [0.2, 0.25) is 0 Å². The van der Waals surface area contributed by atoms with Gasteiger partial charge in [0, 0.05) is 36.3 Å². The zero-order valence-corrected chi connectivity index (χ0v) is 11.0. The molecule has 0 radical (unpaired) electrons. The van der Waals surface area contributed by atoms with E-state index in [0.717, 1.165) is 34.4 Å². The Morgan fingerprint density at radius 1 is 1.41 bits per heavy atom. The number of fused-ring (bicyclic) bond motifs is 1. The highest BCUT2D eigenvalue weighted by molar-refractivity contribution is 9.10. The zero-order chi connectivity index (χ0) is 11.8. The lowest BCUT2D eigenvalue weighted by molar-refractivity contribution is 0.0778. The van der Waals surface area contributed by atoms with Gasteiger partial charge in [0.25, 0.3) is 0 Å². The largest absolute Gasteiger partial charge is 0.378 e. The SMILES string of the molecule is COC1CN(c2ncc3cc(Br)ccc3n2)C1.